The van der Waals surface area contributed by atoms with Crippen LogP contribution in [0.25, 0.3) is 0 Å². The second-order valence-corrected chi connectivity index (χ2v) is 4.17. The van der Waals surface area contributed by atoms with Crippen LogP contribution >= 0.6 is 0 Å². The molecule has 1 heterocycles. The minimum Gasteiger partial charge on any atom is -0.466 e. The van der Waals surface area contributed by atoms with E-state index in [9.17, 15) is 19.8 Å². The number of ether oxygens (including phenoxy) is 1. The zero-order valence-corrected chi connectivity index (χ0v) is 9.96. The van der Waals surface area contributed by atoms with Gasteiger partial charge in [-0.1, -0.05) is 0 Å². The van der Waals surface area contributed by atoms with E-state index in [0.717, 1.165) is 0 Å². The highest BCUT2D eigenvalue weighted by atomic mass is 16.5. The molecule has 0 saturated carbocycles. The van der Waals surface area contributed by atoms with Gasteiger partial charge in [-0.2, -0.15) is 0 Å². The number of aliphatic hydroxyl groups excluding tert-OH is 2. The number of carbonyl (C=O) groups is 2. The number of rotatable bonds is 6. The summed E-state index contributed by atoms with van der Waals surface area (Å²) in [6, 6.07) is 0. The highest BCUT2D eigenvalue weighted by Crippen LogP contribution is 2.10. The fraction of sp³-hybridized carbons (Fsp3) is 0.818. The Bertz CT molecular complexity index is 271. The summed E-state index contributed by atoms with van der Waals surface area (Å²) < 4.78 is 4.71. The third kappa shape index (κ3) is 4.80. The summed E-state index contributed by atoms with van der Waals surface area (Å²) in [4.78, 5) is 24.2. The molecule has 1 aliphatic rings. The highest BCUT2D eigenvalue weighted by Gasteiger charge is 2.30. The average Bonchev–Trinajstić information content (AvgIpc) is 2.55. The van der Waals surface area contributed by atoms with E-state index in [-0.39, 0.29) is 31.1 Å². The Kier molecular flexibility index (Phi) is 5.54. The molecule has 2 unspecified atom stereocenters. The Hall–Kier alpha value is -0.980. The number of esters is 1. The molecule has 0 bridgehead atoms. The van der Waals surface area contributed by atoms with Crippen LogP contribution in [0.2, 0.25) is 0 Å². The van der Waals surface area contributed by atoms with Crippen molar-refractivity contribution < 1.29 is 24.5 Å². The number of hydrogen-bond acceptors (Lipinski definition) is 6. The first-order chi connectivity index (χ1) is 8.02. The molecule has 0 amide bonds. The monoisotopic (exact) mass is 245 g/mol. The molecule has 1 saturated heterocycles. The Morgan fingerprint density at radius 3 is 2.35 bits per heavy atom. The van der Waals surface area contributed by atoms with E-state index in [1.807, 2.05) is 0 Å². The normalized spacial score (nSPS) is 24.9. The minimum absolute atomic E-state index is 0.0839. The predicted octanol–water partition coefficient (Wildman–Crippen LogP) is -1.06. The predicted molar refractivity (Wildman–Crippen MR) is 59.3 cm³/mol. The standard InChI is InChI=1S/C11H19NO5/c1-2-17-11(16)4-3-8(13)5-12-6-9(14)10(15)7-12/h9-10,14-15H,2-7H2,1H3. The number of carbonyl (C=O) groups excluding carboxylic acids is 2. The lowest BCUT2D eigenvalue weighted by Gasteiger charge is -2.13. The molecule has 2 N–H and O–H groups in total. The van der Waals surface area contributed by atoms with E-state index in [1.165, 1.54) is 0 Å². The third-order valence-corrected chi connectivity index (χ3v) is 2.65. The van der Waals surface area contributed by atoms with Gasteiger partial charge in [0, 0.05) is 19.5 Å². The largest absolute Gasteiger partial charge is 0.466 e. The smallest absolute Gasteiger partial charge is 0.306 e. The molecule has 1 fully saturated rings. The molecule has 98 valence electrons. The van der Waals surface area contributed by atoms with Crippen molar-refractivity contribution in [1.29, 1.82) is 0 Å². The molecule has 6 nitrogen and oxygen atoms in total. The molecule has 0 spiro atoms. The van der Waals surface area contributed by atoms with Gasteiger partial charge in [0.2, 0.25) is 0 Å². The number of Topliss-reactive ketones (excluding diaryl/α,β-unsaturated/α-hetero) is 1. The number of likely N-dealkylation sites (tertiary alicyclic amines) is 1. The van der Waals surface area contributed by atoms with Gasteiger partial charge in [0.1, 0.15) is 5.78 Å². The second-order valence-electron chi connectivity index (χ2n) is 4.17. The van der Waals surface area contributed by atoms with E-state index in [4.69, 9.17) is 4.74 Å². The van der Waals surface area contributed by atoms with Crippen molar-refractivity contribution in [2.75, 3.05) is 26.2 Å². The van der Waals surface area contributed by atoms with Crippen LogP contribution in [0.5, 0.6) is 0 Å². The Morgan fingerprint density at radius 1 is 1.24 bits per heavy atom. The summed E-state index contributed by atoms with van der Waals surface area (Å²) in [5.41, 5.74) is 0. The number of aliphatic hydroxyl groups is 2. The van der Waals surface area contributed by atoms with Gasteiger partial charge in [0.05, 0.1) is 31.8 Å². The van der Waals surface area contributed by atoms with Crippen LogP contribution in [-0.2, 0) is 14.3 Å². The molecular weight excluding hydrogens is 226 g/mol. The van der Waals surface area contributed by atoms with E-state index in [0.29, 0.717) is 19.7 Å². The van der Waals surface area contributed by atoms with Crippen molar-refractivity contribution in [3.05, 3.63) is 0 Å². The van der Waals surface area contributed by atoms with Gasteiger partial charge >= 0.3 is 5.97 Å². The number of ketones is 1. The number of hydrogen-bond donors (Lipinski definition) is 2. The summed E-state index contributed by atoms with van der Waals surface area (Å²) >= 11 is 0. The molecule has 0 aromatic rings. The van der Waals surface area contributed by atoms with Crippen LogP contribution in [0.4, 0.5) is 0 Å². The van der Waals surface area contributed by atoms with Crippen molar-refractivity contribution in [1.82, 2.24) is 4.90 Å². The van der Waals surface area contributed by atoms with Gasteiger partial charge in [-0.25, -0.2) is 0 Å². The summed E-state index contributed by atoms with van der Waals surface area (Å²) in [5, 5.41) is 18.6. The third-order valence-electron chi connectivity index (χ3n) is 2.65. The highest BCUT2D eigenvalue weighted by molar-refractivity contribution is 5.84. The van der Waals surface area contributed by atoms with Crippen molar-refractivity contribution in [2.24, 2.45) is 0 Å². The van der Waals surface area contributed by atoms with Crippen LogP contribution in [-0.4, -0.2) is 65.3 Å². The molecule has 1 rings (SSSR count). The average molecular weight is 245 g/mol. The fourth-order valence-electron chi connectivity index (χ4n) is 1.78. The number of nitrogens with zero attached hydrogens (tertiary/aromatic N) is 1. The minimum atomic E-state index is -0.784. The fourth-order valence-corrected chi connectivity index (χ4v) is 1.78. The molecule has 1 aliphatic heterocycles. The lowest BCUT2D eigenvalue weighted by atomic mass is 10.2. The Balaban J connectivity index is 2.19. The van der Waals surface area contributed by atoms with E-state index < -0.39 is 12.2 Å². The molecule has 6 heteroatoms. The first kappa shape index (κ1) is 14.1. The topological polar surface area (TPSA) is 87.1 Å². The van der Waals surface area contributed by atoms with Gasteiger partial charge in [0.15, 0.2) is 0 Å². The molecule has 17 heavy (non-hydrogen) atoms. The van der Waals surface area contributed by atoms with Crippen molar-refractivity contribution in [3.63, 3.8) is 0 Å². The van der Waals surface area contributed by atoms with Gasteiger partial charge in [-0.05, 0) is 6.92 Å². The van der Waals surface area contributed by atoms with E-state index in [1.54, 1.807) is 11.8 Å². The van der Waals surface area contributed by atoms with Gasteiger partial charge in [-0.3, -0.25) is 14.5 Å². The van der Waals surface area contributed by atoms with Gasteiger partial charge in [0.25, 0.3) is 0 Å². The van der Waals surface area contributed by atoms with Gasteiger partial charge < -0.3 is 14.9 Å². The lowest BCUT2D eigenvalue weighted by molar-refractivity contribution is -0.144. The number of β-amino-alcohol motifs (C(OH)–C–C–N with tert-alkyl or cyclic N) is 2. The Morgan fingerprint density at radius 2 is 1.82 bits per heavy atom. The van der Waals surface area contributed by atoms with E-state index in [2.05, 4.69) is 0 Å². The first-order valence-corrected chi connectivity index (χ1v) is 5.78. The summed E-state index contributed by atoms with van der Waals surface area (Å²) in [6.45, 7) is 2.79. The Labute approximate surface area is 100 Å². The van der Waals surface area contributed by atoms with Crippen LogP contribution in [0.15, 0.2) is 0 Å². The SMILES string of the molecule is CCOC(=O)CCC(=O)CN1CC(O)C(O)C1. The van der Waals surface area contributed by atoms with Crippen molar-refractivity contribution in [3.8, 4) is 0 Å². The van der Waals surface area contributed by atoms with Crippen molar-refractivity contribution >= 4 is 11.8 Å². The maximum Gasteiger partial charge on any atom is 0.306 e. The zero-order valence-electron chi connectivity index (χ0n) is 9.96. The van der Waals surface area contributed by atoms with E-state index >= 15 is 0 Å². The van der Waals surface area contributed by atoms with Crippen LogP contribution in [0.1, 0.15) is 19.8 Å². The van der Waals surface area contributed by atoms with Crippen LogP contribution in [0, 0.1) is 0 Å². The quantitative estimate of drug-likeness (QED) is 0.580. The lowest BCUT2D eigenvalue weighted by Crippen LogP contribution is -2.29. The summed E-state index contributed by atoms with van der Waals surface area (Å²) in [6.07, 6.45) is -1.34. The molecule has 2 atom stereocenters. The summed E-state index contributed by atoms with van der Waals surface area (Å²) in [5.74, 6) is -0.457. The molecule has 0 aromatic heterocycles. The first-order valence-electron chi connectivity index (χ1n) is 5.78. The van der Waals surface area contributed by atoms with Gasteiger partial charge in [-0.15, -0.1) is 0 Å². The maximum absolute atomic E-state index is 11.5. The zero-order chi connectivity index (χ0) is 12.8. The summed E-state index contributed by atoms with van der Waals surface area (Å²) in [7, 11) is 0. The molecular formula is C11H19NO5. The molecule has 0 aliphatic carbocycles. The molecule has 0 radical (unpaired) electrons. The van der Waals surface area contributed by atoms with Crippen LogP contribution < -0.4 is 0 Å². The van der Waals surface area contributed by atoms with Crippen molar-refractivity contribution in [2.45, 2.75) is 32.0 Å². The maximum atomic E-state index is 11.5. The second kappa shape index (κ2) is 6.68. The van der Waals surface area contributed by atoms with Crippen LogP contribution in [0.3, 0.4) is 0 Å². The molecule has 0 aromatic carbocycles.